The van der Waals surface area contributed by atoms with Crippen LogP contribution in [0.25, 0.3) is 10.9 Å². The van der Waals surface area contributed by atoms with E-state index in [4.69, 9.17) is 19.3 Å². The molecule has 0 bridgehead atoms. The molecule has 216 valence electrons. The van der Waals surface area contributed by atoms with Gasteiger partial charge in [0, 0.05) is 19.3 Å². The highest BCUT2D eigenvalue weighted by Gasteiger charge is 2.40. The lowest BCUT2D eigenvalue weighted by Gasteiger charge is -2.42. The minimum atomic E-state index is -0.674. The largest absolute Gasteiger partial charge is 0.472 e. The summed E-state index contributed by atoms with van der Waals surface area (Å²) >= 11 is 0. The molecule has 10 heteroatoms. The first-order valence-corrected chi connectivity index (χ1v) is 13.8. The van der Waals surface area contributed by atoms with Crippen molar-refractivity contribution in [2.75, 3.05) is 18.4 Å². The van der Waals surface area contributed by atoms with Crippen LogP contribution in [0.4, 0.5) is 15.4 Å². The fourth-order valence-corrected chi connectivity index (χ4v) is 4.87. The highest BCUT2D eigenvalue weighted by molar-refractivity contribution is 6.00. The molecule has 3 heterocycles. The summed E-state index contributed by atoms with van der Waals surface area (Å²) in [4.78, 5) is 31.8. The summed E-state index contributed by atoms with van der Waals surface area (Å²) in [5, 5.41) is 8.36. The van der Waals surface area contributed by atoms with E-state index in [1.165, 1.54) is 0 Å². The molecule has 1 aliphatic rings. The first-order chi connectivity index (χ1) is 18.8. The van der Waals surface area contributed by atoms with E-state index in [1.807, 2.05) is 82.6 Å². The van der Waals surface area contributed by atoms with E-state index in [1.54, 1.807) is 11.1 Å². The van der Waals surface area contributed by atoms with Crippen molar-refractivity contribution in [3.05, 3.63) is 48.2 Å². The molecule has 3 aromatic rings. The number of anilines is 1. The van der Waals surface area contributed by atoms with Crippen molar-refractivity contribution in [3.8, 4) is 5.88 Å². The van der Waals surface area contributed by atoms with Crippen LogP contribution >= 0.6 is 0 Å². The molecule has 0 unspecified atom stereocenters. The lowest BCUT2D eigenvalue weighted by atomic mass is 9.85. The smallest absolute Gasteiger partial charge is 0.413 e. The van der Waals surface area contributed by atoms with Gasteiger partial charge < -0.3 is 19.1 Å². The number of pyridine rings is 1. The quantitative estimate of drug-likeness (QED) is 0.373. The Labute approximate surface area is 236 Å². The average molecular weight is 552 g/mol. The molecule has 0 saturated carbocycles. The van der Waals surface area contributed by atoms with E-state index in [9.17, 15) is 9.59 Å². The highest BCUT2D eigenvalue weighted by Crippen LogP contribution is 2.40. The van der Waals surface area contributed by atoms with Gasteiger partial charge in [0.25, 0.3) is 0 Å². The summed E-state index contributed by atoms with van der Waals surface area (Å²) in [7, 11) is 0. The Hall–Kier alpha value is -3.82. The predicted molar refractivity (Wildman–Crippen MR) is 153 cm³/mol. The van der Waals surface area contributed by atoms with E-state index < -0.39 is 17.3 Å². The molecule has 40 heavy (non-hydrogen) atoms. The number of hydrogen-bond donors (Lipinski definition) is 1. The van der Waals surface area contributed by atoms with E-state index in [-0.39, 0.29) is 11.6 Å². The average Bonchev–Trinajstić information content (AvgIpc) is 3.25. The fraction of sp³-hybridized carbons (Fsp3) is 0.533. The molecule has 4 rings (SSSR count). The van der Waals surface area contributed by atoms with E-state index in [0.29, 0.717) is 49.6 Å². The third-order valence-electron chi connectivity index (χ3n) is 6.85. The van der Waals surface area contributed by atoms with Crippen molar-refractivity contribution < 1.29 is 23.8 Å². The van der Waals surface area contributed by atoms with Gasteiger partial charge in [0.05, 0.1) is 11.1 Å². The van der Waals surface area contributed by atoms with Gasteiger partial charge in [-0.3, -0.25) is 10.00 Å². The molecule has 10 nitrogen and oxygen atoms in total. The van der Waals surface area contributed by atoms with Gasteiger partial charge in [0.15, 0.2) is 5.82 Å². The lowest BCUT2D eigenvalue weighted by Crippen LogP contribution is -2.49. The number of likely N-dealkylation sites (tertiary alicyclic amines) is 1. The Kier molecular flexibility index (Phi) is 8.28. The number of hydrogen-bond acceptors (Lipinski definition) is 7. The summed E-state index contributed by atoms with van der Waals surface area (Å²) in [5.41, 5.74) is 0.168. The van der Waals surface area contributed by atoms with Crippen LogP contribution in [0.3, 0.4) is 0 Å². The SMILES string of the molecule is CCC1(n2nc(NC(=O)OC(C)(C)C)c3c(OCc4ccccc4)nccc32)CCN(C(=O)OC(C)(C)C)CC1. The second-order valence-electron chi connectivity index (χ2n) is 12.2. The van der Waals surface area contributed by atoms with Crippen LogP contribution in [-0.2, 0) is 21.6 Å². The second kappa shape index (κ2) is 11.3. The predicted octanol–water partition coefficient (Wildman–Crippen LogP) is 6.49. The summed E-state index contributed by atoms with van der Waals surface area (Å²) in [6.45, 7) is 14.5. The zero-order valence-electron chi connectivity index (χ0n) is 24.6. The zero-order chi connectivity index (χ0) is 29.1. The number of amides is 2. The van der Waals surface area contributed by atoms with Crippen LogP contribution in [-0.4, -0.2) is 56.1 Å². The van der Waals surface area contributed by atoms with E-state index in [2.05, 4.69) is 17.2 Å². The number of fused-ring (bicyclic) bond motifs is 1. The first kappa shape index (κ1) is 29.2. The van der Waals surface area contributed by atoms with Crippen LogP contribution in [0.2, 0.25) is 0 Å². The second-order valence-corrected chi connectivity index (χ2v) is 12.2. The summed E-state index contributed by atoms with van der Waals surface area (Å²) in [6, 6.07) is 11.7. The minimum absolute atomic E-state index is 0.310. The molecule has 0 radical (unpaired) electrons. The molecule has 1 fully saturated rings. The third kappa shape index (κ3) is 6.84. The summed E-state index contributed by atoms with van der Waals surface area (Å²) < 4.78 is 19.3. The van der Waals surface area contributed by atoms with Crippen LogP contribution in [0.5, 0.6) is 5.88 Å². The number of nitrogens with one attached hydrogen (secondary N) is 1. The van der Waals surface area contributed by atoms with Gasteiger partial charge >= 0.3 is 12.2 Å². The van der Waals surface area contributed by atoms with Gasteiger partial charge in [-0.1, -0.05) is 37.3 Å². The number of nitrogens with zero attached hydrogens (tertiary/aromatic N) is 4. The number of aromatic nitrogens is 3. The van der Waals surface area contributed by atoms with Crippen molar-refractivity contribution in [1.29, 1.82) is 0 Å². The molecule has 0 atom stereocenters. The first-order valence-electron chi connectivity index (χ1n) is 13.8. The lowest BCUT2D eigenvalue weighted by molar-refractivity contribution is 0.0100. The third-order valence-corrected chi connectivity index (χ3v) is 6.85. The van der Waals surface area contributed by atoms with Gasteiger partial charge in [-0.2, -0.15) is 5.10 Å². The molecule has 1 N–H and O–H groups in total. The minimum Gasteiger partial charge on any atom is -0.472 e. The fourth-order valence-electron chi connectivity index (χ4n) is 4.87. The Morgan fingerprint density at radius 3 is 2.23 bits per heavy atom. The molecule has 1 aliphatic heterocycles. The van der Waals surface area contributed by atoms with Gasteiger partial charge in [0.1, 0.15) is 23.2 Å². The highest BCUT2D eigenvalue weighted by atomic mass is 16.6. The Morgan fingerprint density at radius 1 is 0.975 bits per heavy atom. The van der Waals surface area contributed by atoms with Crippen molar-refractivity contribution in [2.24, 2.45) is 0 Å². The maximum atomic E-state index is 12.8. The summed E-state index contributed by atoms with van der Waals surface area (Å²) in [6.07, 6.45) is 2.90. The molecule has 1 saturated heterocycles. The van der Waals surface area contributed by atoms with Gasteiger partial charge in [-0.15, -0.1) is 0 Å². The van der Waals surface area contributed by atoms with E-state index >= 15 is 0 Å². The van der Waals surface area contributed by atoms with Crippen molar-refractivity contribution >= 4 is 28.9 Å². The zero-order valence-corrected chi connectivity index (χ0v) is 24.6. The summed E-state index contributed by atoms with van der Waals surface area (Å²) in [5.74, 6) is 0.693. The Morgan fingerprint density at radius 2 is 1.62 bits per heavy atom. The van der Waals surface area contributed by atoms with Crippen molar-refractivity contribution in [3.63, 3.8) is 0 Å². The van der Waals surface area contributed by atoms with Crippen molar-refractivity contribution in [1.82, 2.24) is 19.7 Å². The van der Waals surface area contributed by atoms with Gasteiger partial charge in [-0.05, 0) is 72.4 Å². The normalized spacial score (nSPS) is 15.5. The monoisotopic (exact) mass is 551 g/mol. The van der Waals surface area contributed by atoms with Crippen LogP contribution < -0.4 is 10.1 Å². The van der Waals surface area contributed by atoms with Crippen LogP contribution in [0.1, 0.15) is 73.3 Å². The van der Waals surface area contributed by atoms with Crippen LogP contribution in [0, 0.1) is 0 Å². The number of ether oxygens (including phenoxy) is 3. The number of rotatable bonds is 6. The maximum absolute atomic E-state index is 12.8. The van der Waals surface area contributed by atoms with Gasteiger partial charge in [-0.25, -0.2) is 14.6 Å². The number of carbonyl (C=O) groups excluding carboxylic acids is 2. The topological polar surface area (TPSA) is 108 Å². The molecular formula is C30H41N5O5. The molecule has 0 aliphatic carbocycles. The molecule has 1 aromatic carbocycles. The number of benzene rings is 1. The maximum Gasteiger partial charge on any atom is 0.413 e. The van der Waals surface area contributed by atoms with Gasteiger partial charge in [0.2, 0.25) is 5.88 Å². The number of carbonyl (C=O) groups is 2. The Bertz CT molecular complexity index is 1330. The van der Waals surface area contributed by atoms with E-state index in [0.717, 1.165) is 17.5 Å². The Balaban J connectivity index is 1.69. The van der Waals surface area contributed by atoms with Crippen molar-refractivity contribution in [2.45, 2.75) is 91.1 Å². The van der Waals surface area contributed by atoms with Crippen LogP contribution in [0.15, 0.2) is 42.6 Å². The molecular weight excluding hydrogens is 510 g/mol. The molecule has 0 spiro atoms. The molecule has 2 amide bonds. The standard InChI is InChI=1S/C30H41N5O5/c1-8-30(15-18-34(19-16-30)27(37)40-29(5,6)7)35-22-14-17-31-25(38-20-21-12-10-9-11-13-21)23(22)24(33-35)32-26(36)39-28(2,3)4/h9-14,17H,8,15-16,18-20H2,1-7H3,(H,32,33,36). The molecule has 2 aromatic heterocycles. The number of piperidine rings is 1.